The third kappa shape index (κ3) is 4.20. The van der Waals surface area contributed by atoms with Crippen molar-refractivity contribution in [2.75, 3.05) is 38.2 Å². The van der Waals surface area contributed by atoms with Gasteiger partial charge in [-0.1, -0.05) is 11.6 Å². The molecule has 0 N–H and O–H groups in total. The van der Waals surface area contributed by atoms with Gasteiger partial charge in [-0.2, -0.15) is 4.31 Å². The van der Waals surface area contributed by atoms with Gasteiger partial charge in [0.25, 0.3) is 0 Å². The van der Waals surface area contributed by atoms with Gasteiger partial charge in [-0.05, 0) is 42.3 Å². The van der Waals surface area contributed by atoms with Crippen LogP contribution in [0.25, 0.3) is 0 Å². The van der Waals surface area contributed by atoms with Crippen LogP contribution in [0.3, 0.4) is 0 Å². The third-order valence-electron chi connectivity index (χ3n) is 4.13. The van der Waals surface area contributed by atoms with Gasteiger partial charge in [-0.3, -0.25) is 0 Å². The lowest BCUT2D eigenvalue weighted by molar-refractivity contribution is 0.413. The maximum atomic E-state index is 12.9. The molecule has 0 unspecified atom stereocenters. The van der Waals surface area contributed by atoms with Gasteiger partial charge in [-0.15, -0.1) is 0 Å². The van der Waals surface area contributed by atoms with Crippen LogP contribution >= 0.6 is 23.2 Å². The summed E-state index contributed by atoms with van der Waals surface area (Å²) in [4.78, 5) is 10.2. The zero-order chi connectivity index (χ0) is 18.7. The number of hydrogen-bond acceptors (Lipinski definition) is 6. The highest BCUT2D eigenvalue weighted by Crippen LogP contribution is 2.23. The predicted molar refractivity (Wildman–Crippen MR) is 101 cm³/mol. The van der Waals surface area contributed by atoms with Crippen LogP contribution in [-0.2, 0) is 10.0 Å². The van der Waals surface area contributed by atoms with E-state index in [9.17, 15) is 8.42 Å². The highest BCUT2D eigenvalue weighted by Gasteiger charge is 2.27. The van der Waals surface area contributed by atoms with Crippen LogP contribution in [0, 0.1) is 0 Å². The number of halogens is 2. The smallest absolute Gasteiger partial charge is 0.243 e. The van der Waals surface area contributed by atoms with E-state index in [1.165, 1.54) is 4.31 Å². The molecule has 1 aliphatic heterocycles. The fourth-order valence-corrected chi connectivity index (χ4v) is 4.67. The molecule has 0 saturated carbocycles. The van der Waals surface area contributed by atoms with Crippen LogP contribution in [0.15, 0.2) is 35.2 Å². The summed E-state index contributed by atoms with van der Waals surface area (Å²) in [5.41, 5.74) is 0. The van der Waals surface area contributed by atoms with Gasteiger partial charge < -0.3 is 9.64 Å². The number of rotatable bonds is 4. The molecule has 0 amide bonds. The summed E-state index contributed by atoms with van der Waals surface area (Å²) in [5, 5.41) is 0.325. The number of sulfonamides is 1. The van der Waals surface area contributed by atoms with Gasteiger partial charge in [0.05, 0.1) is 12.0 Å². The second-order valence-corrected chi connectivity index (χ2v) is 8.40. The minimum Gasteiger partial charge on any atom is -0.497 e. The quantitative estimate of drug-likeness (QED) is 0.563. The highest BCUT2D eigenvalue weighted by atomic mass is 35.5. The zero-order valence-electron chi connectivity index (χ0n) is 14.1. The summed E-state index contributed by atoms with van der Waals surface area (Å²) >= 11 is 11.8. The minimum atomic E-state index is -3.57. The Kier molecular flexibility index (Phi) is 5.86. The van der Waals surface area contributed by atoms with Crippen molar-refractivity contribution in [3.63, 3.8) is 0 Å². The van der Waals surface area contributed by atoms with Crippen molar-refractivity contribution in [1.82, 2.24) is 14.3 Å². The van der Waals surface area contributed by atoms with Crippen LogP contribution in [0.2, 0.25) is 10.4 Å². The third-order valence-corrected chi connectivity index (χ3v) is 6.41. The molecule has 26 heavy (non-hydrogen) atoms. The first kappa shape index (κ1) is 19.2. The predicted octanol–water partition coefficient (Wildman–Crippen LogP) is 2.69. The SMILES string of the molecule is COc1ccc(S(=O)(=O)N2CCCN(c3cc(Cl)nc(Cl)n3)CC2)cc1. The number of aromatic nitrogens is 2. The highest BCUT2D eigenvalue weighted by molar-refractivity contribution is 7.89. The Morgan fingerprint density at radius 1 is 1.04 bits per heavy atom. The molecule has 10 heteroatoms. The Morgan fingerprint density at radius 2 is 1.77 bits per heavy atom. The van der Waals surface area contributed by atoms with Crippen LogP contribution in [0.4, 0.5) is 5.82 Å². The van der Waals surface area contributed by atoms with E-state index in [1.54, 1.807) is 37.4 Å². The molecule has 0 atom stereocenters. The molecule has 1 aromatic carbocycles. The first-order valence-electron chi connectivity index (χ1n) is 7.99. The monoisotopic (exact) mass is 416 g/mol. The molecule has 140 valence electrons. The van der Waals surface area contributed by atoms with Crippen LogP contribution in [0.5, 0.6) is 5.75 Å². The topological polar surface area (TPSA) is 75.6 Å². The molecule has 0 spiro atoms. The summed E-state index contributed by atoms with van der Waals surface area (Å²) in [7, 11) is -2.03. The Bertz CT molecular complexity index is 857. The van der Waals surface area contributed by atoms with Gasteiger partial charge in [0.1, 0.15) is 16.7 Å². The number of methoxy groups -OCH3 is 1. The van der Waals surface area contributed by atoms with Crippen LogP contribution < -0.4 is 9.64 Å². The van der Waals surface area contributed by atoms with Crippen molar-refractivity contribution in [2.24, 2.45) is 0 Å². The first-order valence-corrected chi connectivity index (χ1v) is 10.2. The van der Waals surface area contributed by atoms with Gasteiger partial charge >= 0.3 is 0 Å². The summed E-state index contributed by atoms with van der Waals surface area (Å²) in [6.07, 6.45) is 0.661. The molecular formula is C16H18Cl2N4O3S. The molecule has 0 aliphatic carbocycles. The summed E-state index contributed by atoms with van der Waals surface area (Å²) < 4.78 is 32.3. The van der Waals surface area contributed by atoms with E-state index < -0.39 is 10.0 Å². The molecule has 2 heterocycles. The molecule has 2 aromatic rings. The number of ether oxygens (including phenoxy) is 1. The van der Waals surface area contributed by atoms with Crippen molar-refractivity contribution in [1.29, 1.82) is 0 Å². The van der Waals surface area contributed by atoms with Gasteiger partial charge in [0.2, 0.25) is 15.3 Å². The van der Waals surface area contributed by atoms with E-state index in [1.807, 2.05) is 4.90 Å². The Hall–Kier alpha value is -1.61. The van der Waals surface area contributed by atoms with E-state index in [0.717, 1.165) is 0 Å². The van der Waals surface area contributed by atoms with Gasteiger partial charge in [0, 0.05) is 32.2 Å². The standard InChI is InChI=1S/C16H18Cl2N4O3S/c1-25-12-3-5-13(6-4-12)26(23,24)22-8-2-7-21(9-10-22)15-11-14(17)19-16(18)20-15/h3-6,11H,2,7-10H2,1H3. The van der Waals surface area contributed by atoms with Crippen molar-refractivity contribution in [2.45, 2.75) is 11.3 Å². The van der Waals surface area contributed by atoms with Gasteiger partial charge in [-0.25, -0.2) is 18.4 Å². The number of hydrogen-bond donors (Lipinski definition) is 0. The van der Waals surface area contributed by atoms with Crippen molar-refractivity contribution >= 4 is 39.0 Å². The minimum absolute atomic E-state index is 0.0689. The maximum Gasteiger partial charge on any atom is 0.243 e. The Labute approximate surface area is 162 Å². The van der Waals surface area contributed by atoms with Gasteiger partial charge in [0.15, 0.2) is 0 Å². The fraction of sp³-hybridized carbons (Fsp3) is 0.375. The first-order chi connectivity index (χ1) is 12.4. The normalized spacial score (nSPS) is 16.3. The fourth-order valence-electron chi connectivity index (χ4n) is 2.80. The van der Waals surface area contributed by atoms with Crippen molar-refractivity contribution in [3.8, 4) is 5.75 Å². The van der Waals surface area contributed by atoms with Crippen molar-refractivity contribution in [3.05, 3.63) is 40.8 Å². The maximum absolute atomic E-state index is 12.9. The average Bonchev–Trinajstić information content (AvgIpc) is 2.87. The van der Waals surface area contributed by atoms with Crippen molar-refractivity contribution < 1.29 is 13.2 Å². The molecule has 1 saturated heterocycles. The number of anilines is 1. The second kappa shape index (κ2) is 7.96. The van der Waals surface area contributed by atoms with E-state index in [4.69, 9.17) is 27.9 Å². The molecule has 0 radical (unpaired) electrons. The number of nitrogens with zero attached hydrogens (tertiary/aromatic N) is 4. The van der Waals surface area contributed by atoms with Crippen LogP contribution in [0.1, 0.15) is 6.42 Å². The molecule has 3 rings (SSSR count). The molecule has 1 aromatic heterocycles. The molecule has 1 aliphatic rings. The lowest BCUT2D eigenvalue weighted by atomic mass is 10.3. The summed E-state index contributed by atoms with van der Waals surface area (Å²) in [6, 6.07) is 8.02. The van der Waals surface area contributed by atoms with E-state index in [2.05, 4.69) is 9.97 Å². The lowest BCUT2D eigenvalue weighted by Crippen LogP contribution is -2.35. The lowest BCUT2D eigenvalue weighted by Gasteiger charge is -2.22. The average molecular weight is 417 g/mol. The van der Waals surface area contributed by atoms with E-state index in [0.29, 0.717) is 44.2 Å². The Balaban J connectivity index is 1.76. The molecule has 7 nitrogen and oxygen atoms in total. The Morgan fingerprint density at radius 3 is 2.42 bits per heavy atom. The zero-order valence-corrected chi connectivity index (χ0v) is 16.4. The molecule has 1 fully saturated rings. The van der Waals surface area contributed by atoms with E-state index >= 15 is 0 Å². The van der Waals surface area contributed by atoms with Crippen LogP contribution in [-0.4, -0.2) is 56.0 Å². The second-order valence-electron chi connectivity index (χ2n) is 5.74. The largest absolute Gasteiger partial charge is 0.497 e. The molecular weight excluding hydrogens is 399 g/mol. The summed E-state index contributed by atoms with van der Waals surface area (Å²) in [6.45, 7) is 1.91. The summed E-state index contributed by atoms with van der Waals surface area (Å²) in [5.74, 6) is 1.21. The molecule has 0 bridgehead atoms. The van der Waals surface area contributed by atoms with E-state index in [-0.39, 0.29) is 15.3 Å². The number of benzene rings is 1.